The first kappa shape index (κ1) is 12.1. The Balaban J connectivity index is 2.03. The summed E-state index contributed by atoms with van der Waals surface area (Å²) in [7, 11) is 0. The van der Waals surface area contributed by atoms with Crippen molar-refractivity contribution >= 4 is 10.8 Å². The highest BCUT2D eigenvalue weighted by molar-refractivity contribution is 5.94. The van der Waals surface area contributed by atoms with Gasteiger partial charge in [-0.05, 0) is 59.2 Å². The predicted octanol–water partition coefficient (Wildman–Crippen LogP) is 4.12. The second-order valence-corrected chi connectivity index (χ2v) is 5.41. The molecule has 1 heterocycles. The van der Waals surface area contributed by atoms with Gasteiger partial charge in [-0.15, -0.1) is 0 Å². The first-order chi connectivity index (χ1) is 10.1. The van der Waals surface area contributed by atoms with Gasteiger partial charge in [0, 0.05) is 11.1 Å². The van der Waals surface area contributed by atoms with Crippen LogP contribution in [-0.4, -0.2) is 10.2 Å². The van der Waals surface area contributed by atoms with E-state index in [0.717, 1.165) is 38.8 Å². The summed E-state index contributed by atoms with van der Waals surface area (Å²) in [6.45, 7) is 2.35. The second-order valence-electron chi connectivity index (χ2n) is 5.41. The Morgan fingerprint density at radius 1 is 0.952 bits per heavy atom. The van der Waals surface area contributed by atoms with Gasteiger partial charge in [-0.3, -0.25) is 0 Å². The van der Waals surface area contributed by atoms with E-state index >= 15 is 0 Å². The molecule has 0 spiro atoms. The smallest absolute Gasteiger partial charge is 0.128 e. The molecule has 0 amide bonds. The van der Waals surface area contributed by atoms with Gasteiger partial charge >= 0.3 is 0 Å². The van der Waals surface area contributed by atoms with E-state index in [2.05, 4.69) is 6.07 Å². The van der Waals surface area contributed by atoms with E-state index in [1.165, 1.54) is 0 Å². The normalized spacial score (nSPS) is 12.6. The molecule has 0 aliphatic carbocycles. The molecule has 3 aromatic carbocycles. The van der Waals surface area contributed by atoms with E-state index in [0.29, 0.717) is 12.4 Å². The van der Waals surface area contributed by atoms with Crippen LogP contribution in [0.3, 0.4) is 0 Å². The summed E-state index contributed by atoms with van der Waals surface area (Å²) in [5, 5.41) is 21.5. The molecule has 0 saturated heterocycles. The maximum Gasteiger partial charge on any atom is 0.128 e. The standard InChI is InChI=1S/C18H14O3/c1-10-15-8-18-16(7-11(15)2-5-17(10)20)14-4-3-13(19)6-12(14)9-21-18/h2-8,19-20H,9H2,1H3. The second kappa shape index (κ2) is 4.16. The Labute approximate surface area is 122 Å². The quantitative estimate of drug-likeness (QED) is 0.650. The van der Waals surface area contributed by atoms with Crippen molar-refractivity contribution in [2.45, 2.75) is 13.5 Å². The van der Waals surface area contributed by atoms with Crippen molar-refractivity contribution in [2.75, 3.05) is 0 Å². The third-order valence-corrected chi connectivity index (χ3v) is 4.12. The van der Waals surface area contributed by atoms with Gasteiger partial charge in [0.25, 0.3) is 0 Å². The lowest BCUT2D eigenvalue weighted by Crippen LogP contribution is -2.05. The van der Waals surface area contributed by atoms with Crippen LogP contribution in [0.25, 0.3) is 21.9 Å². The van der Waals surface area contributed by atoms with Gasteiger partial charge in [0.2, 0.25) is 0 Å². The molecular formula is C18H14O3. The van der Waals surface area contributed by atoms with Crippen LogP contribution in [0.2, 0.25) is 0 Å². The van der Waals surface area contributed by atoms with Crippen LogP contribution in [0.5, 0.6) is 17.2 Å². The Morgan fingerprint density at radius 2 is 1.81 bits per heavy atom. The van der Waals surface area contributed by atoms with E-state index < -0.39 is 0 Å². The van der Waals surface area contributed by atoms with Crippen LogP contribution in [0.1, 0.15) is 11.1 Å². The number of ether oxygens (including phenoxy) is 1. The van der Waals surface area contributed by atoms with Gasteiger partial charge in [-0.1, -0.05) is 12.1 Å². The van der Waals surface area contributed by atoms with Crippen molar-refractivity contribution in [2.24, 2.45) is 0 Å². The number of phenolic OH excluding ortho intramolecular Hbond substituents is 2. The van der Waals surface area contributed by atoms with E-state index in [9.17, 15) is 10.2 Å². The lowest BCUT2D eigenvalue weighted by molar-refractivity contribution is 0.302. The van der Waals surface area contributed by atoms with Crippen LogP contribution in [0.15, 0.2) is 42.5 Å². The summed E-state index contributed by atoms with van der Waals surface area (Å²) in [5.41, 5.74) is 3.95. The Bertz CT molecular complexity index is 881. The highest BCUT2D eigenvalue weighted by Crippen LogP contribution is 2.42. The van der Waals surface area contributed by atoms with Crippen molar-refractivity contribution in [3.05, 3.63) is 53.6 Å². The monoisotopic (exact) mass is 278 g/mol. The number of hydrogen-bond donors (Lipinski definition) is 2. The first-order valence-electron chi connectivity index (χ1n) is 6.85. The van der Waals surface area contributed by atoms with E-state index in [4.69, 9.17) is 4.74 Å². The van der Waals surface area contributed by atoms with Crippen LogP contribution >= 0.6 is 0 Å². The zero-order valence-electron chi connectivity index (χ0n) is 11.6. The zero-order chi connectivity index (χ0) is 14.6. The molecule has 3 heteroatoms. The molecule has 3 aromatic rings. The van der Waals surface area contributed by atoms with Crippen LogP contribution in [0, 0.1) is 6.92 Å². The van der Waals surface area contributed by atoms with Crippen molar-refractivity contribution in [3.63, 3.8) is 0 Å². The fourth-order valence-electron chi connectivity index (χ4n) is 2.94. The van der Waals surface area contributed by atoms with Crippen molar-refractivity contribution in [1.29, 1.82) is 0 Å². The molecule has 0 bridgehead atoms. The molecule has 0 radical (unpaired) electrons. The number of hydrogen-bond acceptors (Lipinski definition) is 3. The molecule has 2 N–H and O–H groups in total. The molecular weight excluding hydrogens is 264 g/mol. The molecule has 3 nitrogen and oxygen atoms in total. The SMILES string of the molecule is Cc1c(O)ccc2cc3c(cc12)OCc1cc(O)ccc1-3. The summed E-state index contributed by atoms with van der Waals surface area (Å²) in [5.74, 6) is 1.36. The fourth-order valence-corrected chi connectivity index (χ4v) is 2.94. The minimum atomic E-state index is 0.252. The molecule has 0 saturated carbocycles. The van der Waals surface area contributed by atoms with Crippen molar-refractivity contribution in [3.8, 4) is 28.4 Å². The minimum Gasteiger partial charge on any atom is -0.508 e. The summed E-state index contributed by atoms with van der Waals surface area (Å²) >= 11 is 0. The number of fused-ring (bicyclic) bond motifs is 4. The maximum atomic E-state index is 9.84. The lowest BCUT2D eigenvalue weighted by atomic mass is 9.93. The fraction of sp³-hybridized carbons (Fsp3) is 0.111. The molecule has 21 heavy (non-hydrogen) atoms. The van der Waals surface area contributed by atoms with E-state index in [1.807, 2.05) is 25.1 Å². The molecule has 0 aromatic heterocycles. The van der Waals surface area contributed by atoms with Crippen LogP contribution in [-0.2, 0) is 6.61 Å². The highest BCUT2D eigenvalue weighted by Gasteiger charge is 2.19. The third kappa shape index (κ3) is 1.74. The Kier molecular flexibility index (Phi) is 2.39. The number of benzene rings is 3. The first-order valence-corrected chi connectivity index (χ1v) is 6.85. The molecule has 1 aliphatic heterocycles. The van der Waals surface area contributed by atoms with Crippen LogP contribution < -0.4 is 4.74 Å². The number of phenols is 2. The Morgan fingerprint density at radius 3 is 2.67 bits per heavy atom. The average molecular weight is 278 g/mol. The summed E-state index contributed by atoms with van der Waals surface area (Å²) < 4.78 is 5.82. The third-order valence-electron chi connectivity index (χ3n) is 4.12. The van der Waals surface area contributed by atoms with E-state index in [1.54, 1.807) is 18.2 Å². The van der Waals surface area contributed by atoms with Gasteiger partial charge < -0.3 is 14.9 Å². The van der Waals surface area contributed by atoms with Gasteiger partial charge in [0.15, 0.2) is 0 Å². The molecule has 1 aliphatic rings. The van der Waals surface area contributed by atoms with Gasteiger partial charge in [0.05, 0.1) is 0 Å². The summed E-state index contributed by atoms with van der Waals surface area (Å²) in [6.07, 6.45) is 0. The molecule has 0 unspecified atom stereocenters. The lowest BCUT2D eigenvalue weighted by Gasteiger charge is -2.22. The number of aryl methyl sites for hydroxylation is 1. The van der Waals surface area contributed by atoms with Crippen molar-refractivity contribution in [1.82, 2.24) is 0 Å². The van der Waals surface area contributed by atoms with E-state index in [-0.39, 0.29) is 5.75 Å². The van der Waals surface area contributed by atoms with Crippen molar-refractivity contribution < 1.29 is 14.9 Å². The van der Waals surface area contributed by atoms with Gasteiger partial charge in [-0.2, -0.15) is 0 Å². The van der Waals surface area contributed by atoms with Gasteiger partial charge in [0.1, 0.15) is 23.9 Å². The highest BCUT2D eigenvalue weighted by atomic mass is 16.5. The average Bonchev–Trinajstić information content (AvgIpc) is 2.49. The largest absolute Gasteiger partial charge is 0.508 e. The number of aromatic hydroxyl groups is 2. The summed E-state index contributed by atoms with van der Waals surface area (Å²) in [4.78, 5) is 0. The molecule has 0 atom stereocenters. The molecule has 0 fully saturated rings. The predicted molar refractivity (Wildman–Crippen MR) is 81.8 cm³/mol. The minimum absolute atomic E-state index is 0.252. The molecule has 4 rings (SSSR count). The zero-order valence-corrected chi connectivity index (χ0v) is 11.6. The van der Waals surface area contributed by atoms with Gasteiger partial charge in [-0.25, -0.2) is 0 Å². The Hall–Kier alpha value is -2.68. The topological polar surface area (TPSA) is 49.7 Å². The molecule has 104 valence electrons. The van der Waals surface area contributed by atoms with Crippen LogP contribution in [0.4, 0.5) is 0 Å². The summed E-state index contributed by atoms with van der Waals surface area (Å²) in [6, 6.07) is 13.0. The maximum absolute atomic E-state index is 9.84. The number of rotatable bonds is 0.